The zero-order valence-electron chi connectivity index (χ0n) is 13.6. The number of thiazole rings is 1. The van der Waals surface area contributed by atoms with Crippen molar-refractivity contribution in [2.24, 2.45) is 0 Å². The van der Waals surface area contributed by atoms with Crippen molar-refractivity contribution in [3.63, 3.8) is 0 Å². The topological polar surface area (TPSA) is 48.4 Å². The van der Waals surface area contributed by atoms with Gasteiger partial charge < -0.3 is 15.3 Å². The van der Waals surface area contributed by atoms with Crippen LogP contribution in [-0.2, 0) is 0 Å². The predicted molar refractivity (Wildman–Crippen MR) is 96.0 cm³/mol. The molecule has 2 atom stereocenters. The van der Waals surface area contributed by atoms with Gasteiger partial charge in [-0.2, -0.15) is 0 Å². The van der Waals surface area contributed by atoms with Gasteiger partial charge in [0.05, 0.1) is 6.10 Å². The van der Waals surface area contributed by atoms with E-state index in [0.717, 1.165) is 43.0 Å². The van der Waals surface area contributed by atoms with Crippen molar-refractivity contribution in [3.8, 4) is 0 Å². The summed E-state index contributed by atoms with van der Waals surface area (Å²) < 4.78 is 0. The minimum atomic E-state index is -0.394. The van der Waals surface area contributed by atoms with Crippen LogP contribution in [0.5, 0.6) is 0 Å². The zero-order chi connectivity index (χ0) is 16.1. The Morgan fingerprint density at radius 2 is 2.04 bits per heavy atom. The number of aliphatic hydroxyl groups is 1. The molecule has 1 aromatic heterocycles. The van der Waals surface area contributed by atoms with Gasteiger partial charge in [0.25, 0.3) is 0 Å². The molecule has 0 amide bonds. The van der Waals surface area contributed by atoms with E-state index in [1.165, 1.54) is 0 Å². The summed E-state index contributed by atoms with van der Waals surface area (Å²) >= 11 is 1.71. The monoisotopic (exact) mass is 331 g/mol. The summed E-state index contributed by atoms with van der Waals surface area (Å²) in [7, 11) is 0. The number of anilines is 1. The number of nitrogens with one attached hydrogen (secondary N) is 1. The summed E-state index contributed by atoms with van der Waals surface area (Å²) in [6, 6.07) is 10.8. The molecule has 1 saturated heterocycles. The first-order chi connectivity index (χ1) is 11.2. The van der Waals surface area contributed by atoms with Crippen molar-refractivity contribution < 1.29 is 5.11 Å². The van der Waals surface area contributed by atoms with Crippen LogP contribution in [0.1, 0.15) is 37.9 Å². The van der Waals surface area contributed by atoms with Crippen LogP contribution in [0, 0.1) is 0 Å². The summed E-state index contributed by atoms with van der Waals surface area (Å²) in [5, 5.41) is 17.2. The fourth-order valence-electron chi connectivity index (χ4n) is 3.23. The van der Waals surface area contributed by atoms with E-state index in [1.807, 2.05) is 41.9 Å². The van der Waals surface area contributed by atoms with Crippen LogP contribution >= 0.6 is 11.3 Å². The lowest BCUT2D eigenvalue weighted by Crippen LogP contribution is -2.45. The van der Waals surface area contributed by atoms with Crippen LogP contribution < -0.4 is 10.2 Å². The number of nitrogens with zero attached hydrogens (tertiary/aromatic N) is 2. The number of benzene rings is 1. The van der Waals surface area contributed by atoms with Crippen LogP contribution in [0.15, 0.2) is 41.9 Å². The molecule has 0 bridgehead atoms. The van der Waals surface area contributed by atoms with Gasteiger partial charge in [-0.15, -0.1) is 11.3 Å². The second kappa shape index (κ2) is 7.90. The SMILES string of the molecule is CC(CC(O)c1ccccc1)NC1CCN(c2nccs2)CC1. The molecular formula is C18H25N3OS. The quantitative estimate of drug-likeness (QED) is 0.853. The molecule has 1 fully saturated rings. The van der Waals surface area contributed by atoms with Gasteiger partial charge in [0.1, 0.15) is 0 Å². The molecule has 2 aromatic rings. The number of piperidine rings is 1. The maximum atomic E-state index is 10.3. The number of aromatic nitrogens is 1. The Hall–Kier alpha value is -1.43. The molecule has 4 nitrogen and oxygen atoms in total. The van der Waals surface area contributed by atoms with Crippen LogP contribution in [-0.4, -0.2) is 35.3 Å². The van der Waals surface area contributed by atoms with Gasteiger partial charge in [-0.05, 0) is 31.7 Å². The van der Waals surface area contributed by atoms with Crippen molar-refractivity contribution in [1.29, 1.82) is 0 Å². The van der Waals surface area contributed by atoms with E-state index in [-0.39, 0.29) is 0 Å². The third-order valence-electron chi connectivity index (χ3n) is 4.47. The smallest absolute Gasteiger partial charge is 0.185 e. The normalized spacial score (nSPS) is 18.8. The fraction of sp³-hybridized carbons (Fsp3) is 0.500. The Bertz CT molecular complexity index is 567. The molecule has 5 heteroatoms. The predicted octanol–water partition coefficient (Wildman–Crippen LogP) is 3.21. The standard InChI is InChI=1S/C18H25N3OS/c1-14(13-17(22)15-5-3-2-4-6-15)20-16-7-10-21(11-8-16)18-19-9-12-23-18/h2-6,9,12,14,16-17,20,22H,7-8,10-11,13H2,1H3. The first-order valence-corrected chi connectivity index (χ1v) is 9.24. The Kier molecular flexibility index (Phi) is 5.65. The summed E-state index contributed by atoms with van der Waals surface area (Å²) in [5.41, 5.74) is 1.000. The highest BCUT2D eigenvalue weighted by atomic mass is 32.1. The molecule has 1 aliphatic rings. The van der Waals surface area contributed by atoms with Gasteiger partial charge in [-0.3, -0.25) is 0 Å². The molecule has 3 rings (SSSR count). The largest absolute Gasteiger partial charge is 0.388 e. The molecule has 0 radical (unpaired) electrons. The van der Waals surface area contributed by atoms with Crippen molar-refractivity contribution >= 4 is 16.5 Å². The third kappa shape index (κ3) is 4.53. The zero-order valence-corrected chi connectivity index (χ0v) is 14.4. The highest BCUT2D eigenvalue weighted by Gasteiger charge is 2.22. The second-order valence-electron chi connectivity index (χ2n) is 6.31. The molecule has 0 aliphatic carbocycles. The van der Waals surface area contributed by atoms with Crippen molar-refractivity contribution in [3.05, 3.63) is 47.5 Å². The average Bonchev–Trinajstić information content (AvgIpc) is 3.11. The van der Waals surface area contributed by atoms with E-state index in [4.69, 9.17) is 0 Å². The van der Waals surface area contributed by atoms with Gasteiger partial charge in [-0.25, -0.2) is 4.98 Å². The molecule has 2 unspecified atom stereocenters. The van der Waals surface area contributed by atoms with Gasteiger partial charge in [0, 0.05) is 36.8 Å². The number of rotatable bonds is 6. The van der Waals surface area contributed by atoms with E-state index in [9.17, 15) is 5.11 Å². The molecule has 1 aromatic carbocycles. The third-order valence-corrected chi connectivity index (χ3v) is 5.30. The number of hydrogen-bond acceptors (Lipinski definition) is 5. The highest BCUT2D eigenvalue weighted by Crippen LogP contribution is 2.23. The number of aliphatic hydroxyl groups excluding tert-OH is 1. The van der Waals surface area contributed by atoms with E-state index in [0.29, 0.717) is 12.1 Å². The van der Waals surface area contributed by atoms with Gasteiger partial charge in [-0.1, -0.05) is 30.3 Å². The van der Waals surface area contributed by atoms with Crippen molar-refractivity contribution in [2.45, 2.75) is 44.4 Å². The van der Waals surface area contributed by atoms with E-state index >= 15 is 0 Å². The molecule has 1 aliphatic heterocycles. The van der Waals surface area contributed by atoms with E-state index in [1.54, 1.807) is 11.3 Å². The van der Waals surface area contributed by atoms with Crippen molar-refractivity contribution in [2.75, 3.05) is 18.0 Å². The summed E-state index contributed by atoms with van der Waals surface area (Å²) in [4.78, 5) is 6.76. The fourth-order valence-corrected chi connectivity index (χ4v) is 3.92. The molecule has 2 N–H and O–H groups in total. The molecule has 23 heavy (non-hydrogen) atoms. The van der Waals surface area contributed by atoms with Crippen LogP contribution in [0.25, 0.3) is 0 Å². The maximum Gasteiger partial charge on any atom is 0.185 e. The van der Waals surface area contributed by atoms with E-state index in [2.05, 4.69) is 22.1 Å². The molecule has 0 saturated carbocycles. The number of hydrogen-bond donors (Lipinski definition) is 2. The first kappa shape index (κ1) is 16.4. The van der Waals surface area contributed by atoms with Gasteiger partial charge >= 0.3 is 0 Å². The molecule has 2 heterocycles. The summed E-state index contributed by atoms with van der Waals surface area (Å²) in [6.45, 7) is 4.28. The van der Waals surface area contributed by atoms with Crippen LogP contribution in [0.2, 0.25) is 0 Å². The Morgan fingerprint density at radius 1 is 1.30 bits per heavy atom. The molecular weight excluding hydrogens is 306 g/mol. The lowest BCUT2D eigenvalue weighted by Gasteiger charge is -2.34. The minimum Gasteiger partial charge on any atom is -0.388 e. The lowest BCUT2D eigenvalue weighted by molar-refractivity contribution is 0.150. The highest BCUT2D eigenvalue weighted by molar-refractivity contribution is 7.13. The van der Waals surface area contributed by atoms with Gasteiger partial charge in [0.2, 0.25) is 0 Å². The second-order valence-corrected chi connectivity index (χ2v) is 7.18. The minimum absolute atomic E-state index is 0.307. The average molecular weight is 331 g/mol. The van der Waals surface area contributed by atoms with Crippen LogP contribution in [0.4, 0.5) is 5.13 Å². The van der Waals surface area contributed by atoms with E-state index < -0.39 is 6.10 Å². The Labute approximate surface area is 142 Å². The Morgan fingerprint density at radius 3 is 2.70 bits per heavy atom. The van der Waals surface area contributed by atoms with Crippen molar-refractivity contribution in [1.82, 2.24) is 10.3 Å². The Balaban J connectivity index is 1.43. The first-order valence-electron chi connectivity index (χ1n) is 8.36. The van der Waals surface area contributed by atoms with Gasteiger partial charge in [0.15, 0.2) is 5.13 Å². The molecule has 0 spiro atoms. The van der Waals surface area contributed by atoms with Crippen LogP contribution in [0.3, 0.4) is 0 Å². The maximum absolute atomic E-state index is 10.3. The lowest BCUT2D eigenvalue weighted by atomic mass is 10.00. The molecule has 124 valence electrons. The summed E-state index contributed by atoms with van der Waals surface area (Å²) in [5.74, 6) is 0. The summed E-state index contributed by atoms with van der Waals surface area (Å²) in [6.07, 6.45) is 4.49.